The minimum Gasteiger partial charge on any atom is -0.478 e. The van der Waals surface area contributed by atoms with Crippen molar-refractivity contribution >= 4 is 15.4 Å². The molecule has 0 aromatic carbocycles. The highest BCUT2D eigenvalue weighted by Crippen LogP contribution is 1.76. The van der Waals surface area contributed by atoms with E-state index in [0.717, 1.165) is 0 Å². The van der Waals surface area contributed by atoms with E-state index in [-0.39, 0.29) is 0 Å². The molecule has 0 bridgehead atoms. The highest BCUT2D eigenvalue weighted by atomic mass is 28.2. The molecule has 0 spiro atoms. The summed E-state index contributed by atoms with van der Waals surface area (Å²) in [6.45, 7) is 4.66. The SMILES string of the molecule is [CH]=C([SiH]=O)C(=O)O. The van der Waals surface area contributed by atoms with Crippen molar-refractivity contribution < 1.29 is 14.4 Å². The Bertz CT molecular complexity index is 117. The van der Waals surface area contributed by atoms with Crippen LogP contribution in [0.3, 0.4) is 0 Å². The van der Waals surface area contributed by atoms with Crippen LogP contribution in [0.5, 0.6) is 0 Å². The van der Waals surface area contributed by atoms with Crippen LogP contribution in [0.15, 0.2) is 5.20 Å². The molecule has 0 aromatic heterocycles. The molecule has 0 heterocycles. The Kier molecular flexibility index (Phi) is 2.14. The van der Waals surface area contributed by atoms with E-state index in [2.05, 4.69) is 6.58 Å². The average Bonchev–Trinajstić information content (AvgIpc) is 1.65. The van der Waals surface area contributed by atoms with E-state index >= 15 is 0 Å². The van der Waals surface area contributed by atoms with Crippen LogP contribution in [0.2, 0.25) is 0 Å². The molecule has 0 aliphatic heterocycles. The highest BCUT2D eigenvalue weighted by molar-refractivity contribution is 6.39. The lowest BCUT2D eigenvalue weighted by atomic mass is 10.7. The molecule has 3 nitrogen and oxygen atoms in total. The summed E-state index contributed by atoms with van der Waals surface area (Å²) in [6, 6.07) is 0. The molecule has 0 atom stereocenters. The van der Waals surface area contributed by atoms with Gasteiger partial charge in [-0.15, -0.1) is 0 Å². The number of carboxylic acid groups (broad SMARTS) is 1. The topological polar surface area (TPSA) is 54.4 Å². The molecule has 0 amide bonds. The first kappa shape index (κ1) is 6.23. The van der Waals surface area contributed by atoms with Crippen LogP contribution >= 0.6 is 0 Å². The van der Waals surface area contributed by atoms with Crippen molar-refractivity contribution in [2.24, 2.45) is 0 Å². The Hall–Kier alpha value is -0.773. The second kappa shape index (κ2) is 2.41. The normalized spacial score (nSPS) is 7.43. The molecule has 0 saturated heterocycles. The largest absolute Gasteiger partial charge is 0.478 e. The predicted octanol–water partition coefficient (Wildman–Crippen LogP) is -0.830. The third-order valence-corrected chi connectivity index (χ3v) is 0.875. The minimum atomic E-state index is -1.45. The van der Waals surface area contributed by atoms with Gasteiger partial charge in [-0.2, -0.15) is 0 Å². The number of carbonyl (C=O) groups is 1. The molecule has 0 aliphatic carbocycles. The zero-order valence-electron chi connectivity index (χ0n) is 3.42. The Morgan fingerprint density at radius 3 is 2.14 bits per heavy atom. The maximum atomic E-state index is 9.61. The van der Waals surface area contributed by atoms with Gasteiger partial charge in [0.2, 0.25) is 0 Å². The van der Waals surface area contributed by atoms with Crippen LogP contribution in [-0.2, 0) is 9.26 Å². The molecule has 7 heavy (non-hydrogen) atoms. The molecule has 4 heteroatoms. The van der Waals surface area contributed by atoms with E-state index in [1.807, 2.05) is 0 Å². The van der Waals surface area contributed by atoms with Crippen LogP contribution < -0.4 is 0 Å². The second-order valence-electron chi connectivity index (χ2n) is 0.878. The van der Waals surface area contributed by atoms with Crippen LogP contribution in [-0.4, -0.2) is 20.5 Å². The van der Waals surface area contributed by atoms with Crippen molar-refractivity contribution in [2.75, 3.05) is 0 Å². The van der Waals surface area contributed by atoms with Gasteiger partial charge in [0.25, 0.3) is 0 Å². The zero-order chi connectivity index (χ0) is 5.86. The average molecular weight is 115 g/mol. The van der Waals surface area contributed by atoms with E-state index in [9.17, 15) is 9.26 Å². The van der Waals surface area contributed by atoms with E-state index in [4.69, 9.17) is 5.11 Å². The van der Waals surface area contributed by atoms with Crippen molar-refractivity contribution in [3.05, 3.63) is 11.8 Å². The first-order valence-electron chi connectivity index (χ1n) is 1.49. The molecule has 0 fully saturated rings. The number of hydrogen-bond donors (Lipinski definition) is 1. The third kappa shape index (κ3) is 1.99. The Morgan fingerprint density at radius 1 is 1.71 bits per heavy atom. The lowest BCUT2D eigenvalue weighted by Crippen LogP contribution is -1.99. The van der Waals surface area contributed by atoms with Gasteiger partial charge in [-0.05, 0) is 6.58 Å². The summed E-state index contributed by atoms with van der Waals surface area (Å²) in [5.41, 5.74) is 0. The standard InChI is InChI=1S/C3H3O3Si/c1-2(7-6)3(4)5/h1,7H,(H,4,5). The minimum absolute atomic E-state index is 0.458. The Morgan fingerprint density at radius 2 is 2.14 bits per heavy atom. The lowest BCUT2D eigenvalue weighted by Gasteiger charge is -1.78. The molecule has 0 saturated carbocycles. The van der Waals surface area contributed by atoms with Gasteiger partial charge >= 0.3 is 15.4 Å². The second-order valence-corrected chi connectivity index (χ2v) is 1.74. The van der Waals surface area contributed by atoms with Gasteiger partial charge in [0.1, 0.15) is 0 Å². The van der Waals surface area contributed by atoms with Gasteiger partial charge in [0.15, 0.2) is 0 Å². The zero-order valence-corrected chi connectivity index (χ0v) is 4.57. The van der Waals surface area contributed by atoms with Crippen LogP contribution in [0.4, 0.5) is 0 Å². The van der Waals surface area contributed by atoms with Gasteiger partial charge in [0.05, 0.1) is 5.20 Å². The summed E-state index contributed by atoms with van der Waals surface area (Å²) in [4.78, 5) is 9.59. The first-order chi connectivity index (χ1) is 3.18. The van der Waals surface area contributed by atoms with Crippen molar-refractivity contribution in [2.45, 2.75) is 0 Å². The summed E-state index contributed by atoms with van der Waals surface area (Å²) in [7, 11) is -1.45. The van der Waals surface area contributed by atoms with Crippen molar-refractivity contribution in [1.29, 1.82) is 0 Å². The molecule has 0 unspecified atom stereocenters. The fourth-order valence-electron chi connectivity index (χ4n) is 0.0504. The summed E-state index contributed by atoms with van der Waals surface area (Å²) in [6.07, 6.45) is 0. The fourth-order valence-corrected chi connectivity index (χ4v) is 0.151. The van der Waals surface area contributed by atoms with Gasteiger partial charge in [-0.25, -0.2) is 4.79 Å². The number of aliphatic carboxylic acids is 1. The van der Waals surface area contributed by atoms with Crippen LogP contribution in [0.25, 0.3) is 0 Å². The van der Waals surface area contributed by atoms with Crippen LogP contribution in [0.1, 0.15) is 0 Å². The van der Waals surface area contributed by atoms with Crippen molar-refractivity contribution in [1.82, 2.24) is 0 Å². The molecule has 37 valence electrons. The number of carboxylic acids is 1. The van der Waals surface area contributed by atoms with Gasteiger partial charge in [0, 0.05) is 0 Å². The van der Waals surface area contributed by atoms with E-state index < -0.39 is 20.6 Å². The summed E-state index contributed by atoms with van der Waals surface area (Å²) >= 11 is 0. The monoisotopic (exact) mass is 115 g/mol. The maximum absolute atomic E-state index is 9.61. The van der Waals surface area contributed by atoms with E-state index in [1.54, 1.807) is 0 Å². The first-order valence-corrected chi connectivity index (χ1v) is 2.54. The van der Waals surface area contributed by atoms with E-state index in [0.29, 0.717) is 0 Å². The van der Waals surface area contributed by atoms with Crippen LogP contribution in [0, 0.1) is 6.58 Å². The lowest BCUT2D eigenvalue weighted by molar-refractivity contribution is -0.131. The number of rotatable bonds is 2. The van der Waals surface area contributed by atoms with E-state index in [1.165, 1.54) is 0 Å². The quantitative estimate of drug-likeness (QED) is 0.377. The third-order valence-electron chi connectivity index (χ3n) is 0.374. The maximum Gasteiger partial charge on any atom is 0.334 e. The fraction of sp³-hybridized carbons (Fsp3) is 0. The van der Waals surface area contributed by atoms with Crippen molar-refractivity contribution in [3.63, 3.8) is 0 Å². The highest BCUT2D eigenvalue weighted by Gasteiger charge is 1.99. The molecule has 0 aromatic rings. The summed E-state index contributed by atoms with van der Waals surface area (Å²) in [5.74, 6) is -1.29. The predicted molar refractivity (Wildman–Crippen MR) is 23.3 cm³/mol. The molecular formula is C3H3O3Si. The van der Waals surface area contributed by atoms with Gasteiger partial charge in [-0.1, -0.05) is 0 Å². The molecule has 1 radical (unpaired) electrons. The number of hydrogen-bond acceptors (Lipinski definition) is 2. The molecule has 0 aliphatic rings. The smallest absolute Gasteiger partial charge is 0.334 e. The molecule has 0 rings (SSSR count). The van der Waals surface area contributed by atoms with Gasteiger partial charge in [-0.3, -0.25) is 0 Å². The van der Waals surface area contributed by atoms with Gasteiger partial charge < -0.3 is 9.57 Å². The molecule has 1 N–H and O–H groups in total. The molecular weight excluding hydrogens is 112 g/mol. The Labute approximate surface area is 42.5 Å². The summed E-state index contributed by atoms with van der Waals surface area (Å²) in [5, 5.41) is 7.38. The van der Waals surface area contributed by atoms with Crippen molar-refractivity contribution in [3.8, 4) is 0 Å². The summed E-state index contributed by atoms with van der Waals surface area (Å²) < 4.78 is 9.61. The Balaban J connectivity index is 3.81.